The number of benzene rings is 2. The fourth-order valence-electron chi connectivity index (χ4n) is 5.43. The third kappa shape index (κ3) is 5.52. The van der Waals surface area contributed by atoms with E-state index in [1.807, 2.05) is 46.2 Å². The van der Waals surface area contributed by atoms with Gasteiger partial charge in [-0.2, -0.15) is 0 Å². The summed E-state index contributed by atoms with van der Waals surface area (Å²) < 4.78 is 5.35. The molecule has 0 atom stereocenters. The molecule has 0 bridgehead atoms. The van der Waals surface area contributed by atoms with Gasteiger partial charge in [-0.15, -0.1) is 0 Å². The molecule has 2 aliphatic rings. The highest BCUT2D eigenvalue weighted by Gasteiger charge is 2.33. The number of hydrogen-bond acceptors (Lipinski definition) is 3. The van der Waals surface area contributed by atoms with Crippen LogP contribution in [0.4, 0.5) is 16.2 Å². The fraction of sp³-hybridized carbons (Fsp3) is 0.536. The highest BCUT2D eigenvalue weighted by molar-refractivity contribution is 5.99. The molecule has 0 N–H and O–H groups in total. The second-order valence-electron chi connectivity index (χ2n) is 9.54. The van der Waals surface area contributed by atoms with Gasteiger partial charge in [0.15, 0.2) is 0 Å². The Morgan fingerprint density at radius 3 is 1.79 bits per heavy atom. The summed E-state index contributed by atoms with van der Waals surface area (Å²) in [5.41, 5.74) is 2.93. The van der Waals surface area contributed by atoms with E-state index >= 15 is 0 Å². The molecule has 4 rings (SSSR count). The van der Waals surface area contributed by atoms with Crippen molar-refractivity contribution in [3.05, 3.63) is 54.1 Å². The Labute approximate surface area is 199 Å². The van der Waals surface area contributed by atoms with Gasteiger partial charge in [-0.05, 0) is 75.9 Å². The lowest BCUT2D eigenvalue weighted by atomic mass is 10.1. The van der Waals surface area contributed by atoms with Crippen molar-refractivity contribution < 1.29 is 9.53 Å². The molecule has 33 heavy (non-hydrogen) atoms. The van der Waals surface area contributed by atoms with Gasteiger partial charge < -0.3 is 9.64 Å². The highest BCUT2D eigenvalue weighted by Crippen LogP contribution is 2.33. The lowest BCUT2D eigenvalue weighted by Crippen LogP contribution is -2.51. The smallest absolute Gasteiger partial charge is 0.330 e. The molecule has 2 saturated carbocycles. The van der Waals surface area contributed by atoms with E-state index in [0.717, 1.165) is 17.1 Å². The van der Waals surface area contributed by atoms with Crippen molar-refractivity contribution in [2.75, 3.05) is 25.2 Å². The summed E-state index contributed by atoms with van der Waals surface area (Å²) in [5, 5.41) is 0. The van der Waals surface area contributed by atoms with Crippen LogP contribution in [-0.2, 0) is 0 Å². The van der Waals surface area contributed by atoms with Gasteiger partial charge in [-0.1, -0.05) is 43.4 Å². The van der Waals surface area contributed by atoms with E-state index in [4.69, 9.17) is 4.74 Å². The van der Waals surface area contributed by atoms with Crippen LogP contribution in [0.25, 0.3) is 0 Å². The third-order valence-corrected chi connectivity index (χ3v) is 7.39. The zero-order chi connectivity index (χ0) is 23.2. The van der Waals surface area contributed by atoms with Crippen LogP contribution in [0.1, 0.15) is 63.9 Å². The van der Waals surface area contributed by atoms with Crippen molar-refractivity contribution in [3.8, 4) is 5.75 Å². The van der Waals surface area contributed by atoms with Crippen molar-refractivity contribution in [3.63, 3.8) is 0 Å². The molecule has 0 saturated heterocycles. The number of methoxy groups -OCH3 is 1. The quantitative estimate of drug-likeness (QED) is 0.419. The lowest BCUT2D eigenvalue weighted by Gasteiger charge is -2.40. The van der Waals surface area contributed by atoms with Crippen molar-refractivity contribution in [2.45, 2.75) is 77.3 Å². The number of hydrogen-bond donors (Lipinski definition) is 0. The number of aryl methyl sites for hydroxylation is 1. The van der Waals surface area contributed by atoms with Crippen LogP contribution in [0.5, 0.6) is 5.75 Å². The van der Waals surface area contributed by atoms with Crippen molar-refractivity contribution >= 4 is 17.4 Å². The minimum atomic E-state index is 0.0347. The molecular weight excluding hydrogens is 410 g/mol. The van der Waals surface area contributed by atoms with E-state index in [1.54, 1.807) is 7.11 Å². The standard InChI is InChI=1S/C28H39N3O2/c1-4-29(21-30(23-9-5-6-10-23)24-11-7-8-12-24)28(32)31(25-15-13-22(2)14-16-25)26-17-19-27(33-3)20-18-26/h13-20,23-24H,4-12,21H2,1-3H3. The molecule has 0 unspecified atom stereocenters. The maximum Gasteiger partial charge on any atom is 0.330 e. The second-order valence-corrected chi connectivity index (χ2v) is 9.54. The predicted octanol–water partition coefficient (Wildman–Crippen LogP) is 6.73. The van der Waals surface area contributed by atoms with E-state index in [0.29, 0.717) is 25.3 Å². The Balaban J connectivity index is 1.62. The van der Waals surface area contributed by atoms with E-state index < -0.39 is 0 Å². The van der Waals surface area contributed by atoms with Gasteiger partial charge in [-0.3, -0.25) is 9.80 Å². The number of carbonyl (C=O) groups excluding carboxylic acids is 1. The largest absolute Gasteiger partial charge is 0.497 e. The SMILES string of the molecule is CCN(CN(C1CCCC1)C1CCCC1)C(=O)N(c1ccc(C)cc1)c1ccc(OC)cc1. The summed E-state index contributed by atoms with van der Waals surface area (Å²) in [5.74, 6) is 0.788. The maximum atomic E-state index is 14.1. The van der Waals surface area contributed by atoms with Gasteiger partial charge in [0.1, 0.15) is 5.75 Å². The van der Waals surface area contributed by atoms with E-state index in [-0.39, 0.29) is 6.03 Å². The number of nitrogens with zero attached hydrogens (tertiary/aromatic N) is 3. The molecule has 5 heteroatoms. The summed E-state index contributed by atoms with van der Waals surface area (Å²) in [4.78, 5) is 20.6. The Kier molecular flexibility index (Phi) is 7.92. The van der Waals surface area contributed by atoms with E-state index in [1.165, 1.54) is 56.9 Å². The van der Waals surface area contributed by atoms with Gasteiger partial charge >= 0.3 is 6.03 Å². The van der Waals surface area contributed by atoms with Crippen LogP contribution in [0.2, 0.25) is 0 Å². The first-order valence-corrected chi connectivity index (χ1v) is 12.7. The molecule has 2 amide bonds. The molecule has 2 aromatic rings. The number of rotatable bonds is 8. The highest BCUT2D eigenvalue weighted by atomic mass is 16.5. The number of amides is 2. The van der Waals surface area contributed by atoms with Crippen LogP contribution < -0.4 is 9.64 Å². The molecule has 0 heterocycles. The first-order valence-electron chi connectivity index (χ1n) is 12.7. The first kappa shape index (κ1) is 23.6. The zero-order valence-electron chi connectivity index (χ0n) is 20.5. The minimum Gasteiger partial charge on any atom is -0.497 e. The summed E-state index contributed by atoms with van der Waals surface area (Å²) in [6, 6.07) is 17.3. The van der Waals surface area contributed by atoms with E-state index in [2.05, 4.69) is 30.9 Å². The number of carbonyl (C=O) groups is 1. The Hall–Kier alpha value is -2.53. The molecule has 2 aliphatic carbocycles. The van der Waals surface area contributed by atoms with Crippen molar-refractivity contribution in [1.29, 1.82) is 0 Å². The van der Waals surface area contributed by atoms with Crippen LogP contribution in [0, 0.1) is 6.92 Å². The minimum absolute atomic E-state index is 0.0347. The third-order valence-electron chi connectivity index (χ3n) is 7.39. The number of anilines is 2. The molecule has 178 valence electrons. The molecule has 2 fully saturated rings. The molecule has 0 radical (unpaired) electrons. The first-order chi connectivity index (χ1) is 16.1. The Morgan fingerprint density at radius 2 is 1.33 bits per heavy atom. The number of urea groups is 1. The monoisotopic (exact) mass is 449 g/mol. The van der Waals surface area contributed by atoms with Crippen LogP contribution in [0.3, 0.4) is 0 Å². The van der Waals surface area contributed by atoms with E-state index in [9.17, 15) is 4.79 Å². The molecule has 2 aromatic carbocycles. The zero-order valence-corrected chi connectivity index (χ0v) is 20.5. The Bertz CT molecular complexity index is 868. The molecule has 0 aromatic heterocycles. The summed E-state index contributed by atoms with van der Waals surface area (Å²) in [7, 11) is 1.66. The summed E-state index contributed by atoms with van der Waals surface area (Å²) in [6.07, 6.45) is 10.3. The van der Waals surface area contributed by atoms with Crippen LogP contribution in [-0.4, -0.2) is 48.2 Å². The normalized spacial score (nSPS) is 17.0. The molecule has 0 aliphatic heterocycles. The topological polar surface area (TPSA) is 36.0 Å². The van der Waals surface area contributed by atoms with Crippen molar-refractivity contribution in [2.24, 2.45) is 0 Å². The molecule has 5 nitrogen and oxygen atoms in total. The van der Waals surface area contributed by atoms with Crippen molar-refractivity contribution in [1.82, 2.24) is 9.80 Å². The maximum absolute atomic E-state index is 14.1. The van der Waals surface area contributed by atoms with Crippen LogP contribution >= 0.6 is 0 Å². The van der Waals surface area contributed by atoms with Gasteiger partial charge in [-0.25, -0.2) is 4.79 Å². The average molecular weight is 450 g/mol. The molecule has 0 spiro atoms. The molecular formula is C28H39N3O2. The average Bonchev–Trinajstić information content (AvgIpc) is 3.57. The lowest BCUT2D eigenvalue weighted by molar-refractivity contribution is 0.0751. The van der Waals surface area contributed by atoms with Gasteiger partial charge in [0.2, 0.25) is 0 Å². The van der Waals surface area contributed by atoms with Gasteiger partial charge in [0, 0.05) is 18.6 Å². The summed E-state index contributed by atoms with van der Waals surface area (Å²) in [6.45, 7) is 5.57. The predicted molar refractivity (Wildman–Crippen MR) is 135 cm³/mol. The Morgan fingerprint density at radius 1 is 0.848 bits per heavy atom. The number of ether oxygens (including phenoxy) is 1. The fourth-order valence-corrected chi connectivity index (χ4v) is 5.43. The van der Waals surface area contributed by atoms with Crippen LogP contribution in [0.15, 0.2) is 48.5 Å². The van der Waals surface area contributed by atoms with Gasteiger partial charge in [0.25, 0.3) is 0 Å². The second kappa shape index (κ2) is 11.1. The summed E-state index contributed by atoms with van der Waals surface area (Å²) >= 11 is 0. The van der Waals surface area contributed by atoms with Gasteiger partial charge in [0.05, 0.1) is 25.2 Å².